The van der Waals surface area contributed by atoms with Crippen molar-refractivity contribution < 1.29 is 22.2 Å². The zero-order chi connectivity index (χ0) is 22.9. The molecule has 2 aromatic rings. The summed E-state index contributed by atoms with van der Waals surface area (Å²) in [6.45, 7) is 4.66. The zero-order valence-corrected chi connectivity index (χ0v) is 19.4. The molecule has 0 saturated carbocycles. The second-order valence-electron chi connectivity index (χ2n) is 7.55. The second kappa shape index (κ2) is 9.04. The third-order valence-electron chi connectivity index (χ3n) is 5.32. The summed E-state index contributed by atoms with van der Waals surface area (Å²) in [5.41, 5.74) is 0.124. The number of amidine groups is 2. The highest BCUT2D eigenvalue weighted by Gasteiger charge is 2.31. The van der Waals surface area contributed by atoms with Crippen LogP contribution in [0.3, 0.4) is 0 Å². The maximum absolute atomic E-state index is 12.9. The van der Waals surface area contributed by atoms with Crippen molar-refractivity contribution >= 4 is 38.6 Å². The minimum absolute atomic E-state index is 0.124. The lowest BCUT2D eigenvalue weighted by molar-refractivity contribution is 0.424. The molecule has 32 heavy (non-hydrogen) atoms. The number of aryl methyl sites for hydroxylation is 1. The molecule has 0 bridgehead atoms. The zero-order valence-electron chi connectivity index (χ0n) is 17.7. The molecule has 4 rings (SSSR count). The van der Waals surface area contributed by atoms with E-state index in [1.54, 1.807) is 0 Å². The van der Waals surface area contributed by atoms with Crippen LogP contribution in [0.1, 0.15) is 43.7 Å². The summed E-state index contributed by atoms with van der Waals surface area (Å²) >= 11 is -1.85. The fourth-order valence-corrected chi connectivity index (χ4v) is 5.89. The Balaban J connectivity index is 1.57. The van der Waals surface area contributed by atoms with Crippen molar-refractivity contribution in [3.8, 4) is 5.75 Å². The molecular weight excluding hydrogens is 454 g/mol. The predicted molar refractivity (Wildman–Crippen MR) is 122 cm³/mol. The van der Waals surface area contributed by atoms with E-state index in [0.717, 1.165) is 18.6 Å². The van der Waals surface area contributed by atoms with Gasteiger partial charge in [0.1, 0.15) is 16.4 Å². The van der Waals surface area contributed by atoms with E-state index in [0.29, 0.717) is 25.3 Å². The Bertz CT molecular complexity index is 1200. The molecule has 2 aliphatic rings. The Morgan fingerprint density at radius 1 is 1.19 bits per heavy atom. The number of hydrogen-bond acceptors (Lipinski definition) is 7. The van der Waals surface area contributed by atoms with E-state index in [2.05, 4.69) is 19.4 Å². The molecule has 12 heteroatoms. The van der Waals surface area contributed by atoms with Crippen molar-refractivity contribution in [3.63, 3.8) is 0 Å². The van der Waals surface area contributed by atoms with Crippen LogP contribution in [-0.2, 0) is 21.2 Å². The number of sulfonamides is 1. The first-order chi connectivity index (χ1) is 15.3. The minimum atomic E-state index is -3.82. The van der Waals surface area contributed by atoms with Crippen molar-refractivity contribution in [1.29, 1.82) is 0 Å². The lowest BCUT2D eigenvalue weighted by Crippen LogP contribution is -2.36. The van der Waals surface area contributed by atoms with E-state index < -0.39 is 26.9 Å². The van der Waals surface area contributed by atoms with Crippen LogP contribution in [0.5, 0.6) is 5.75 Å². The number of hydrogen-bond donors (Lipinski definition) is 3. The van der Waals surface area contributed by atoms with Gasteiger partial charge in [-0.25, -0.2) is 12.6 Å². The smallest absolute Gasteiger partial charge is 0.269 e. The first-order valence-electron chi connectivity index (χ1n) is 10.3. The van der Waals surface area contributed by atoms with Crippen molar-refractivity contribution in [3.05, 3.63) is 41.9 Å². The summed E-state index contributed by atoms with van der Waals surface area (Å²) in [6, 6.07) is 7.88. The van der Waals surface area contributed by atoms with E-state index in [1.807, 2.05) is 26.0 Å². The van der Waals surface area contributed by atoms with Gasteiger partial charge in [-0.15, -0.1) is 8.80 Å². The topological polar surface area (TPSA) is 137 Å². The molecule has 3 N–H and O–H groups in total. The predicted octanol–water partition coefficient (Wildman–Crippen LogP) is 2.62. The first-order valence-corrected chi connectivity index (χ1v) is 12.8. The molecule has 1 aromatic heterocycles. The fraction of sp³-hybridized carbons (Fsp3) is 0.400. The minimum Gasteiger partial charge on any atom is -0.504 e. The van der Waals surface area contributed by atoms with E-state index in [9.17, 15) is 17.7 Å². The SMILES string of the molecule is CC[C@@H](NC1=NS(=O)N=C1Nc1cccc(S(=O)(=O)N2CCCC2)c1O)c1ccc(C)o1. The molecule has 1 fully saturated rings. The number of benzene rings is 1. The van der Waals surface area contributed by atoms with Gasteiger partial charge < -0.3 is 20.2 Å². The maximum atomic E-state index is 12.9. The summed E-state index contributed by atoms with van der Waals surface area (Å²) < 4.78 is 52.9. The average Bonchev–Trinajstić information content (AvgIpc) is 3.50. The van der Waals surface area contributed by atoms with Gasteiger partial charge in [0.2, 0.25) is 10.0 Å². The number of nitrogens with zero attached hydrogens (tertiary/aromatic N) is 3. The van der Waals surface area contributed by atoms with Gasteiger partial charge in [0.25, 0.3) is 11.2 Å². The van der Waals surface area contributed by atoms with Crippen LogP contribution in [0, 0.1) is 6.92 Å². The molecule has 0 radical (unpaired) electrons. The fourth-order valence-electron chi connectivity index (χ4n) is 3.65. The Morgan fingerprint density at radius 2 is 1.91 bits per heavy atom. The van der Waals surface area contributed by atoms with Gasteiger partial charge in [-0.05, 0) is 50.5 Å². The molecule has 0 spiro atoms. The second-order valence-corrected chi connectivity index (χ2v) is 10.3. The molecule has 1 saturated heterocycles. The molecule has 0 aliphatic carbocycles. The molecule has 1 unspecified atom stereocenters. The van der Waals surface area contributed by atoms with E-state index in [4.69, 9.17) is 4.42 Å². The Hall–Kier alpha value is -2.70. The van der Waals surface area contributed by atoms with Crippen molar-refractivity contribution in [2.24, 2.45) is 8.80 Å². The molecule has 3 heterocycles. The van der Waals surface area contributed by atoms with Crippen molar-refractivity contribution in [1.82, 2.24) is 9.62 Å². The molecule has 2 atom stereocenters. The summed E-state index contributed by atoms with van der Waals surface area (Å²) in [5, 5.41) is 16.8. The standard InChI is InChI=1S/C20H25N5O5S2/c1-3-14(16-10-9-13(2)30-16)21-19-20(24-31(27)23-19)22-15-7-6-8-17(18(15)26)32(28,29)25-11-4-5-12-25/h6-10,14,26H,3-5,11-12H2,1-2H3,(H,21,23)(H,22,24)/t14-,31?/m1/s1. The van der Waals surface area contributed by atoms with Crippen LogP contribution in [0.2, 0.25) is 0 Å². The summed E-state index contributed by atoms with van der Waals surface area (Å²) in [7, 11) is -3.82. The molecular formula is C20H25N5O5S2. The third kappa shape index (κ3) is 4.43. The number of phenols is 1. The molecule has 2 aliphatic heterocycles. The number of aromatic hydroxyl groups is 1. The summed E-state index contributed by atoms with van der Waals surface area (Å²) in [4.78, 5) is -0.187. The lowest BCUT2D eigenvalue weighted by Gasteiger charge is -2.19. The number of phenolic OH excluding ortho intramolecular Hbond substituents is 1. The van der Waals surface area contributed by atoms with Gasteiger partial charge in [-0.2, -0.15) is 4.31 Å². The van der Waals surface area contributed by atoms with Crippen molar-refractivity contribution in [2.45, 2.75) is 44.0 Å². The van der Waals surface area contributed by atoms with Crippen LogP contribution in [0.25, 0.3) is 0 Å². The number of para-hydroxylation sites is 1. The van der Waals surface area contributed by atoms with Crippen LogP contribution < -0.4 is 10.6 Å². The summed E-state index contributed by atoms with van der Waals surface area (Å²) in [6.07, 6.45) is 2.25. The highest BCUT2D eigenvalue weighted by molar-refractivity contribution is 7.89. The first kappa shape index (κ1) is 22.5. The highest BCUT2D eigenvalue weighted by Crippen LogP contribution is 2.34. The highest BCUT2D eigenvalue weighted by atomic mass is 32.2. The van der Waals surface area contributed by atoms with Gasteiger partial charge in [-0.1, -0.05) is 13.0 Å². The quantitative estimate of drug-likeness (QED) is 0.542. The monoisotopic (exact) mass is 479 g/mol. The third-order valence-corrected chi connectivity index (χ3v) is 7.93. The largest absolute Gasteiger partial charge is 0.504 e. The molecule has 0 amide bonds. The van der Waals surface area contributed by atoms with E-state index in [-0.39, 0.29) is 28.3 Å². The van der Waals surface area contributed by atoms with E-state index in [1.165, 1.54) is 22.5 Å². The average molecular weight is 480 g/mol. The van der Waals surface area contributed by atoms with Gasteiger partial charge in [-0.3, -0.25) is 0 Å². The Morgan fingerprint density at radius 3 is 2.56 bits per heavy atom. The van der Waals surface area contributed by atoms with Crippen LogP contribution in [-0.4, -0.2) is 46.8 Å². The lowest BCUT2D eigenvalue weighted by atomic mass is 10.1. The summed E-state index contributed by atoms with van der Waals surface area (Å²) in [5.74, 6) is 1.41. The normalized spacial score (nSPS) is 20.1. The van der Waals surface area contributed by atoms with E-state index >= 15 is 0 Å². The molecule has 172 valence electrons. The van der Waals surface area contributed by atoms with Gasteiger partial charge in [0.05, 0.1) is 11.7 Å². The number of anilines is 1. The molecule has 1 aromatic carbocycles. The van der Waals surface area contributed by atoms with Crippen molar-refractivity contribution in [2.75, 3.05) is 18.4 Å². The van der Waals surface area contributed by atoms with Gasteiger partial charge in [0.15, 0.2) is 17.4 Å². The van der Waals surface area contributed by atoms with Crippen LogP contribution in [0.4, 0.5) is 5.69 Å². The van der Waals surface area contributed by atoms with Gasteiger partial charge >= 0.3 is 0 Å². The number of rotatable bonds is 6. The van der Waals surface area contributed by atoms with Crippen LogP contribution >= 0.6 is 0 Å². The van der Waals surface area contributed by atoms with Gasteiger partial charge in [0, 0.05) is 13.1 Å². The molecule has 10 nitrogen and oxygen atoms in total. The maximum Gasteiger partial charge on any atom is 0.269 e. The van der Waals surface area contributed by atoms with Crippen LogP contribution in [0.15, 0.2) is 48.4 Å². The Kier molecular flexibility index (Phi) is 6.35. The number of nitrogens with one attached hydrogen (secondary N) is 2. The number of furan rings is 1. The Labute approximate surface area is 189 Å².